The van der Waals surface area contributed by atoms with Crippen molar-refractivity contribution in [1.82, 2.24) is 9.78 Å². The largest absolute Gasteiger partial charge is 0.478 e. The molecule has 16 heavy (non-hydrogen) atoms. The van der Waals surface area contributed by atoms with Crippen molar-refractivity contribution in [2.75, 3.05) is 0 Å². The van der Waals surface area contributed by atoms with Crippen LogP contribution in [0.3, 0.4) is 0 Å². The van der Waals surface area contributed by atoms with Crippen molar-refractivity contribution in [3.63, 3.8) is 0 Å². The molecule has 0 atom stereocenters. The zero-order chi connectivity index (χ0) is 11.5. The standard InChI is InChI=1S/C12H8N2O2/c1-2-9-8-10(12(15)16)4-5-11(9)14-7-3-6-13-14/h1,3-8H,(H,15,16). The number of aromatic nitrogens is 2. The maximum absolute atomic E-state index is 10.8. The fourth-order valence-corrected chi connectivity index (χ4v) is 1.40. The summed E-state index contributed by atoms with van der Waals surface area (Å²) in [4.78, 5) is 10.8. The summed E-state index contributed by atoms with van der Waals surface area (Å²) in [5, 5.41) is 12.9. The Hall–Kier alpha value is -2.54. The van der Waals surface area contributed by atoms with Crippen LogP contribution in [0, 0.1) is 12.3 Å². The molecule has 1 aromatic carbocycles. The Labute approximate surface area is 92.1 Å². The first kappa shape index (κ1) is 9.99. The number of rotatable bonds is 2. The van der Waals surface area contributed by atoms with Crippen molar-refractivity contribution in [1.29, 1.82) is 0 Å². The van der Waals surface area contributed by atoms with E-state index in [1.807, 2.05) is 0 Å². The van der Waals surface area contributed by atoms with Crippen molar-refractivity contribution in [2.24, 2.45) is 0 Å². The van der Waals surface area contributed by atoms with E-state index in [0.29, 0.717) is 11.3 Å². The van der Waals surface area contributed by atoms with Crippen LogP contribution in [0.1, 0.15) is 15.9 Å². The molecule has 0 bridgehead atoms. The van der Waals surface area contributed by atoms with Crippen LogP contribution in [0.25, 0.3) is 5.69 Å². The van der Waals surface area contributed by atoms with Crippen LogP contribution in [-0.4, -0.2) is 20.9 Å². The summed E-state index contributed by atoms with van der Waals surface area (Å²) in [6, 6.07) is 6.37. The number of hydrogen-bond donors (Lipinski definition) is 1. The van der Waals surface area contributed by atoms with Crippen LogP contribution in [-0.2, 0) is 0 Å². The molecule has 0 unspecified atom stereocenters. The van der Waals surface area contributed by atoms with E-state index in [-0.39, 0.29) is 5.56 Å². The zero-order valence-corrected chi connectivity index (χ0v) is 8.29. The van der Waals surface area contributed by atoms with Gasteiger partial charge < -0.3 is 5.11 Å². The van der Waals surface area contributed by atoms with Gasteiger partial charge >= 0.3 is 5.97 Å². The summed E-state index contributed by atoms with van der Waals surface area (Å²) < 4.78 is 1.60. The topological polar surface area (TPSA) is 55.1 Å². The minimum Gasteiger partial charge on any atom is -0.478 e. The SMILES string of the molecule is C#Cc1cc(C(=O)O)ccc1-n1cccn1. The third kappa shape index (κ3) is 1.66. The monoisotopic (exact) mass is 212 g/mol. The smallest absolute Gasteiger partial charge is 0.335 e. The maximum atomic E-state index is 10.8. The van der Waals surface area contributed by atoms with Gasteiger partial charge in [0.15, 0.2) is 0 Å². The van der Waals surface area contributed by atoms with Crippen LogP contribution in [0.4, 0.5) is 0 Å². The highest BCUT2D eigenvalue weighted by Crippen LogP contribution is 2.15. The third-order valence-electron chi connectivity index (χ3n) is 2.15. The van der Waals surface area contributed by atoms with Gasteiger partial charge in [-0.25, -0.2) is 9.48 Å². The molecule has 0 fully saturated rings. The second kappa shape index (κ2) is 3.91. The Bertz CT molecular complexity index is 565. The molecule has 0 radical (unpaired) electrons. The predicted octanol–water partition coefficient (Wildman–Crippen LogP) is 1.55. The predicted molar refractivity (Wildman–Crippen MR) is 58.5 cm³/mol. The first-order valence-electron chi connectivity index (χ1n) is 4.56. The summed E-state index contributed by atoms with van der Waals surface area (Å²) in [5.41, 5.74) is 1.37. The minimum atomic E-state index is -0.997. The molecule has 0 saturated carbocycles. The average Bonchev–Trinajstić information content (AvgIpc) is 2.81. The van der Waals surface area contributed by atoms with Crippen LogP contribution >= 0.6 is 0 Å². The summed E-state index contributed by atoms with van der Waals surface area (Å²) in [5.74, 6) is 1.46. The highest BCUT2D eigenvalue weighted by Gasteiger charge is 2.08. The summed E-state index contributed by atoms with van der Waals surface area (Å²) in [6.45, 7) is 0. The van der Waals surface area contributed by atoms with Gasteiger partial charge in [-0.15, -0.1) is 6.42 Å². The fourth-order valence-electron chi connectivity index (χ4n) is 1.40. The molecule has 1 heterocycles. The molecule has 4 nitrogen and oxygen atoms in total. The normalized spacial score (nSPS) is 9.69. The number of terminal acetylenes is 1. The van der Waals surface area contributed by atoms with Crippen LogP contribution < -0.4 is 0 Å². The Balaban J connectivity index is 2.57. The molecule has 0 saturated heterocycles. The lowest BCUT2D eigenvalue weighted by Crippen LogP contribution is -2.02. The molecule has 1 aromatic heterocycles. The number of carbonyl (C=O) groups is 1. The van der Waals surface area contributed by atoms with Crippen LogP contribution in [0.5, 0.6) is 0 Å². The molecular formula is C12H8N2O2. The molecular weight excluding hydrogens is 204 g/mol. The molecule has 4 heteroatoms. The van der Waals surface area contributed by atoms with E-state index in [9.17, 15) is 4.79 Å². The number of aromatic carboxylic acids is 1. The number of hydrogen-bond acceptors (Lipinski definition) is 2. The molecule has 0 spiro atoms. The van der Waals surface area contributed by atoms with Gasteiger partial charge in [0, 0.05) is 12.4 Å². The molecule has 1 N–H and O–H groups in total. The van der Waals surface area contributed by atoms with Gasteiger partial charge in [0.05, 0.1) is 16.8 Å². The third-order valence-corrected chi connectivity index (χ3v) is 2.15. The van der Waals surface area contributed by atoms with E-state index >= 15 is 0 Å². The van der Waals surface area contributed by atoms with Crippen molar-refractivity contribution in [2.45, 2.75) is 0 Å². The Morgan fingerprint density at radius 1 is 1.50 bits per heavy atom. The quantitative estimate of drug-likeness (QED) is 0.768. The Morgan fingerprint density at radius 2 is 2.31 bits per heavy atom. The minimum absolute atomic E-state index is 0.170. The van der Waals surface area contributed by atoms with Gasteiger partial charge in [-0.05, 0) is 24.3 Å². The highest BCUT2D eigenvalue weighted by atomic mass is 16.4. The summed E-state index contributed by atoms with van der Waals surface area (Å²) in [7, 11) is 0. The Morgan fingerprint density at radius 3 is 2.88 bits per heavy atom. The second-order valence-corrected chi connectivity index (χ2v) is 3.13. The maximum Gasteiger partial charge on any atom is 0.335 e. The molecule has 0 aliphatic heterocycles. The lowest BCUT2D eigenvalue weighted by atomic mass is 10.1. The zero-order valence-electron chi connectivity index (χ0n) is 8.29. The molecule has 0 aliphatic rings. The highest BCUT2D eigenvalue weighted by molar-refractivity contribution is 5.88. The van der Waals surface area contributed by atoms with Crippen molar-refractivity contribution in [3.8, 4) is 18.0 Å². The van der Waals surface area contributed by atoms with E-state index in [2.05, 4.69) is 11.0 Å². The lowest BCUT2D eigenvalue weighted by Gasteiger charge is -2.05. The van der Waals surface area contributed by atoms with Gasteiger partial charge in [-0.3, -0.25) is 0 Å². The Kier molecular flexibility index (Phi) is 2.44. The number of carboxylic acids is 1. The van der Waals surface area contributed by atoms with E-state index in [1.54, 1.807) is 29.2 Å². The fraction of sp³-hybridized carbons (Fsp3) is 0. The van der Waals surface area contributed by atoms with Gasteiger partial charge in [-0.1, -0.05) is 5.92 Å². The van der Waals surface area contributed by atoms with E-state index in [4.69, 9.17) is 11.5 Å². The van der Waals surface area contributed by atoms with Crippen molar-refractivity contribution in [3.05, 3.63) is 47.8 Å². The first-order chi connectivity index (χ1) is 7.72. The van der Waals surface area contributed by atoms with E-state index < -0.39 is 5.97 Å². The van der Waals surface area contributed by atoms with Crippen LogP contribution in [0.2, 0.25) is 0 Å². The van der Waals surface area contributed by atoms with Crippen molar-refractivity contribution < 1.29 is 9.90 Å². The number of carboxylic acid groups (broad SMARTS) is 1. The lowest BCUT2D eigenvalue weighted by molar-refractivity contribution is 0.0697. The molecule has 2 aromatic rings. The van der Waals surface area contributed by atoms with Gasteiger partial charge in [-0.2, -0.15) is 5.10 Å². The number of benzene rings is 1. The van der Waals surface area contributed by atoms with Gasteiger partial charge in [0.2, 0.25) is 0 Å². The van der Waals surface area contributed by atoms with E-state index in [1.165, 1.54) is 12.1 Å². The average molecular weight is 212 g/mol. The number of nitrogens with zero attached hydrogens (tertiary/aromatic N) is 2. The van der Waals surface area contributed by atoms with E-state index in [0.717, 1.165) is 0 Å². The summed E-state index contributed by atoms with van der Waals surface area (Å²) in [6.07, 6.45) is 8.72. The molecule has 78 valence electrons. The second-order valence-electron chi connectivity index (χ2n) is 3.13. The molecule has 0 aliphatic carbocycles. The van der Waals surface area contributed by atoms with Gasteiger partial charge in [0.1, 0.15) is 0 Å². The van der Waals surface area contributed by atoms with Crippen LogP contribution in [0.15, 0.2) is 36.7 Å². The molecule has 2 rings (SSSR count). The first-order valence-corrected chi connectivity index (χ1v) is 4.56. The van der Waals surface area contributed by atoms with Gasteiger partial charge in [0.25, 0.3) is 0 Å². The summed E-state index contributed by atoms with van der Waals surface area (Å²) >= 11 is 0. The van der Waals surface area contributed by atoms with Crippen molar-refractivity contribution >= 4 is 5.97 Å². The molecule has 0 amide bonds.